The molecule has 0 aromatic heterocycles. The fourth-order valence-corrected chi connectivity index (χ4v) is 6.20. The van der Waals surface area contributed by atoms with Crippen LogP contribution in [0.2, 0.25) is 0 Å². The van der Waals surface area contributed by atoms with E-state index in [-0.39, 0.29) is 24.6 Å². The second-order valence-electron chi connectivity index (χ2n) is 9.64. The van der Waals surface area contributed by atoms with Gasteiger partial charge in [0.25, 0.3) is 0 Å². The number of esters is 1. The molecule has 0 aromatic carbocycles. The molecule has 3 aliphatic carbocycles. The number of hydrogen-bond acceptors (Lipinski definition) is 4. The van der Waals surface area contributed by atoms with E-state index in [9.17, 15) is 9.90 Å². The van der Waals surface area contributed by atoms with Crippen LogP contribution in [0, 0.1) is 22.7 Å². The van der Waals surface area contributed by atoms with E-state index in [1.54, 1.807) is 5.57 Å². The molecule has 0 bridgehead atoms. The Hall–Kier alpha value is -1.13. The summed E-state index contributed by atoms with van der Waals surface area (Å²) in [6, 6.07) is 0. The fraction of sp³-hybridized carbons (Fsp3) is 0.783. The highest BCUT2D eigenvalue weighted by Crippen LogP contribution is 2.63. The minimum Gasteiger partial charge on any atom is -0.462 e. The van der Waals surface area contributed by atoms with Crippen molar-refractivity contribution in [3.8, 4) is 0 Å². The molecule has 27 heavy (non-hydrogen) atoms. The second-order valence-corrected chi connectivity index (χ2v) is 9.64. The van der Waals surface area contributed by atoms with Gasteiger partial charge in [-0.3, -0.25) is 4.79 Å². The Balaban J connectivity index is 1.84. The zero-order chi connectivity index (χ0) is 19.8. The van der Waals surface area contributed by atoms with Crippen molar-refractivity contribution in [2.24, 2.45) is 22.7 Å². The molecule has 0 radical (unpaired) electrons. The minimum absolute atomic E-state index is 0.118. The van der Waals surface area contributed by atoms with Gasteiger partial charge in [0.05, 0.1) is 12.0 Å². The lowest BCUT2D eigenvalue weighted by Gasteiger charge is -2.58. The van der Waals surface area contributed by atoms with E-state index in [1.165, 1.54) is 24.0 Å². The van der Waals surface area contributed by atoms with Crippen LogP contribution < -0.4 is 0 Å². The highest BCUT2D eigenvalue weighted by atomic mass is 16.5. The lowest BCUT2D eigenvalue weighted by Crippen LogP contribution is -2.54. The lowest BCUT2D eigenvalue weighted by atomic mass is 9.46. The lowest BCUT2D eigenvalue weighted by molar-refractivity contribution is -0.174. The van der Waals surface area contributed by atoms with Crippen LogP contribution in [0.5, 0.6) is 0 Å². The van der Waals surface area contributed by atoms with Crippen LogP contribution in [0.4, 0.5) is 0 Å². The van der Waals surface area contributed by atoms with Crippen LogP contribution in [-0.4, -0.2) is 35.5 Å². The predicted octanol–water partition coefficient (Wildman–Crippen LogP) is 4.16. The Morgan fingerprint density at radius 3 is 2.67 bits per heavy atom. The number of hydrogen-bond donors (Lipinski definition) is 2. The normalized spacial score (nSPS) is 37.0. The smallest absolute Gasteiger partial charge is 0.312 e. The third-order valence-corrected chi connectivity index (χ3v) is 7.73. The molecule has 1 unspecified atom stereocenters. The molecule has 3 aliphatic rings. The number of rotatable bonds is 4. The van der Waals surface area contributed by atoms with Crippen molar-refractivity contribution >= 4 is 5.97 Å². The van der Waals surface area contributed by atoms with Gasteiger partial charge in [-0.15, -0.1) is 0 Å². The Labute approximate surface area is 163 Å². The first kappa shape index (κ1) is 20.6. The summed E-state index contributed by atoms with van der Waals surface area (Å²) in [5.74, 6) is 0.682. The molecule has 0 spiro atoms. The molecule has 0 amide bonds. The average molecular weight is 377 g/mol. The molecule has 4 heteroatoms. The SMILES string of the molecule is CC(C)=C1C=C2CC[C@@H]3[C@](C)(CCC[C@@]3(C)C(=O)OCC(O)CO)[C@H]2CC1. The molecule has 0 aromatic rings. The molecule has 0 saturated heterocycles. The summed E-state index contributed by atoms with van der Waals surface area (Å²) in [5, 5.41) is 18.5. The zero-order valence-corrected chi connectivity index (χ0v) is 17.4. The molecule has 2 fully saturated rings. The molecule has 4 nitrogen and oxygen atoms in total. The van der Waals surface area contributed by atoms with Gasteiger partial charge >= 0.3 is 5.97 Å². The number of ether oxygens (including phenoxy) is 1. The molecule has 152 valence electrons. The average Bonchev–Trinajstić information content (AvgIpc) is 2.65. The predicted molar refractivity (Wildman–Crippen MR) is 106 cm³/mol. The van der Waals surface area contributed by atoms with Gasteiger partial charge in [-0.1, -0.05) is 30.6 Å². The topological polar surface area (TPSA) is 66.8 Å². The zero-order valence-electron chi connectivity index (χ0n) is 17.4. The Bertz CT molecular complexity index is 645. The molecule has 0 aliphatic heterocycles. The van der Waals surface area contributed by atoms with E-state index in [1.807, 2.05) is 0 Å². The maximum absolute atomic E-state index is 13.0. The number of fused-ring (bicyclic) bond motifs is 3. The van der Waals surface area contributed by atoms with Gasteiger partial charge in [0.2, 0.25) is 0 Å². The van der Waals surface area contributed by atoms with Crippen LogP contribution >= 0.6 is 0 Å². The summed E-state index contributed by atoms with van der Waals surface area (Å²) in [5.41, 5.74) is 4.15. The monoisotopic (exact) mass is 376 g/mol. The second kappa shape index (κ2) is 7.71. The van der Waals surface area contributed by atoms with Gasteiger partial charge in [0, 0.05) is 0 Å². The maximum atomic E-state index is 13.0. The summed E-state index contributed by atoms with van der Waals surface area (Å²) in [6.07, 6.45) is 8.96. The van der Waals surface area contributed by atoms with Crippen molar-refractivity contribution in [2.45, 2.75) is 78.7 Å². The van der Waals surface area contributed by atoms with Crippen molar-refractivity contribution in [2.75, 3.05) is 13.2 Å². The standard InChI is InChI=1S/C23H36O4/c1-15(2)16-6-8-19-17(12-16)7-9-20-22(19,3)10-5-11-23(20,4)21(26)27-14-18(25)13-24/h12,18-20,24-25H,5-11,13-14H2,1-4H3/t18?,19-,20+,22+,23+/m0/s1. The van der Waals surface area contributed by atoms with E-state index < -0.39 is 11.5 Å². The summed E-state index contributed by atoms with van der Waals surface area (Å²) in [6.45, 7) is 8.38. The van der Waals surface area contributed by atoms with Gasteiger partial charge < -0.3 is 14.9 Å². The van der Waals surface area contributed by atoms with Gasteiger partial charge in [0.15, 0.2) is 0 Å². The highest BCUT2D eigenvalue weighted by molar-refractivity contribution is 5.77. The maximum Gasteiger partial charge on any atom is 0.312 e. The quantitative estimate of drug-likeness (QED) is 0.723. The minimum atomic E-state index is -0.991. The Morgan fingerprint density at radius 2 is 2.00 bits per heavy atom. The Morgan fingerprint density at radius 1 is 1.26 bits per heavy atom. The number of aliphatic hydroxyl groups is 2. The molecule has 2 saturated carbocycles. The summed E-state index contributed by atoms with van der Waals surface area (Å²) < 4.78 is 5.44. The molecular weight excluding hydrogens is 340 g/mol. The van der Waals surface area contributed by atoms with Gasteiger partial charge in [-0.2, -0.15) is 0 Å². The first-order chi connectivity index (χ1) is 12.7. The van der Waals surface area contributed by atoms with Crippen LogP contribution in [0.25, 0.3) is 0 Å². The van der Waals surface area contributed by atoms with Crippen molar-refractivity contribution in [1.29, 1.82) is 0 Å². The summed E-state index contributed by atoms with van der Waals surface area (Å²) in [4.78, 5) is 13.0. The third-order valence-electron chi connectivity index (χ3n) is 7.73. The van der Waals surface area contributed by atoms with Gasteiger partial charge in [-0.25, -0.2) is 0 Å². The number of carbonyl (C=O) groups excluding carboxylic acids is 1. The summed E-state index contributed by atoms with van der Waals surface area (Å²) >= 11 is 0. The van der Waals surface area contributed by atoms with Crippen molar-refractivity contribution in [1.82, 2.24) is 0 Å². The van der Waals surface area contributed by atoms with Gasteiger partial charge in [-0.05, 0) is 82.1 Å². The van der Waals surface area contributed by atoms with E-state index in [0.717, 1.165) is 32.1 Å². The molecular formula is C23H36O4. The van der Waals surface area contributed by atoms with E-state index >= 15 is 0 Å². The highest BCUT2D eigenvalue weighted by Gasteiger charge is 2.58. The van der Waals surface area contributed by atoms with Crippen molar-refractivity contribution in [3.05, 3.63) is 22.8 Å². The Kier molecular flexibility index (Phi) is 5.88. The number of aliphatic hydroxyl groups excluding tert-OH is 2. The first-order valence-electron chi connectivity index (χ1n) is 10.6. The first-order valence-corrected chi connectivity index (χ1v) is 10.6. The fourth-order valence-electron chi connectivity index (χ4n) is 6.20. The van der Waals surface area contributed by atoms with E-state index in [0.29, 0.717) is 11.8 Å². The van der Waals surface area contributed by atoms with Crippen molar-refractivity contribution < 1.29 is 19.7 Å². The van der Waals surface area contributed by atoms with Crippen molar-refractivity contribution in [3.63, 3.8) is 0 Å². The van der Waals surface area contributed by atoms with Crippen LogP contribution in [0.3, 0.4) is 0 Å². The molecule has 2 N–H and O–H groups in total. The van der Waals surface area contributed by atoms with E-state index in [4.69, 9.17) is 9.84 Å². The van der Waals surface area contributed by atoms with Crippen LogP contribution in [0.15, 0.2) is 22.8 Å². The largest absolute Gasteiger partial charge is 0.462 e. The van der Waals surface area contributed by atoms with Crippen LogP contribution in [0.1, 0.15) is 72.6 Å². The number of allylic oxidation sites excluding steroid dienone is 4. The molecule has 3 rings (SSSR count). The number of carbonyl (C=O) groups is 1. The van der Waals surface area contributed by atoms with Gasteiger partial charge in [0.1, 0.15) is 12.7 Å². The molecule has 0 heterocycles. The third kappa shape index (κ3) is 3.63. The van der Waals surface area contributed by atoms with E-state index in [2.05, 4.69) is 33.8 Å². The molecule has 5 atom stereocenters. The van der Waals surface area contributed by atoms with Crippen LogP contribution in [-0.2, 0) is 9.53 Å². The summed E-state index contributed by atoms with van der Waals surface area (Å²) in [7, 11) is 0.